The third-order valence-electron chi connectivity index (χ3n) is 2.76. The third-order valence-corrected chi connectivity index (χ3v) is 3.01. The van der Waals surface area contributed by atoms with Gasteiger partial charge in [0.1, 0.15) is 0 Å². The number of nitrogens with two attached hydrogens (primary N) is 1. The molecular formula is C13H17Cl2N3O. The molecule has 1 heterocycles. The van der Waals surface area contributed by atoms with Gasteiger partial charge in [0.05, 0.1) is 6.04 Å². The zero-order valence-electron chi connectivity index (χ0n) is 10.8. The van der Waals surface area contributed by atoms with Crippen molar-refractivity contribution < 1.29 is 4.52 Å². The van der Waals surface area contributed by atoms with E-state index in [1.807, 2.05) is 38.1 Å². The van der Waals surface area contributed by atoms with E-state index in [-0.39, 0.29) is 24.4 Å². The van der Waals surface area contributed by atoms with Gasteiger partial charge < -0.3 is 10.3 Å². The Labute approximate surface area is 123 Å². The number of aromatic nitrogens is 2. The van der Waals surface area contributed by atoms with Crippen molar-refractivity contribution in [3.8, 4) is 0 Å². The van der Waals surface area contributed by atoms with Crippen molar-refractivity contribution in [2.45, 2.75) is 26.3 Å². The van der Waals surface area contributed by atoms with Gasteiger partial charge in [0.2, 0.25) is 5.89 Å². The van der Waals surface area contributed by atoms with Gasteiger partial charge in [0.15, 0.2) is 5.82 Å². The minimum atomic E-state index is -0.212. The number of hydrogen-bond acceptors (Lipinski definition) is 4. The summed E-state index contributed by atoms with van der Waals surface area (Å²) in [6, 6.07) is 7.37. The Hall–Kier alpha value is -1.10. The van der Waals surface area contributed by atoms with Crippen LogP contribution in [-0.2, 0) is 6.42 Å². The summed E-state index contributed by atoms with van der Waals surface area (Å²) in [5.41, 5.74) is 7.04. The molecular weight excluding hydrogens is 285 g/mol. The summed E-state index contributed by atoms with van der Waals surface area (Å²) >= 11 is 5.83. The van der Waals surface area contributed by atoms with Crippen LogP contribution in [0.25, 0.3) is 0 Å². The van der Waals surface area contributed by atoms with Gasteiger partial charge in [-0.1, -0.05) is 42.7 Å². The van der Waals surface area contributed by atoms with E-state index in [9.17, 15) is 0 Å². The Kier molecular flexibility index (Phi) is 5.79. The van der Waals surface area contributed by atoms with Crippen molar-refractivity contribution in [3.63, 3.8) is 0 Å². The summed E-state index contributed by atoms with van der Waals surface area (Å²) in [4.78, 5) is 4.31. The third kappa shape index (κ3) is 4.20. The molecule has 2 rings (SSSR count). The van der Waals surface area contributed by atoms with Crippen molar-refractivity contribution in [2.24, 2.45) is 11.7 Å². The van der Waals surface area contributed by atoms with Gasteiger partial charge in [-0.3, -0.25) is 0 Å². The van der Waals surface area contributed by atoms with Gasteiger partial charge in [-0.2, -0.15) is 4.98 Å². The molecule has 0 unspecified atom stereocenters. The predicted molar refractivity (Wildman–Crippen MR) is 77.6 cm³/mol. The van der Waals surface area contributed by atoms with Crippen LogP contribution in [0, 0.1) is 5.92 Å². The highest BCUT2D eigenvalue weighted by molar-refractivity contribution is 6.30. The van der Waals surface area contributed by atoms with Crippen LogP contribution in [0.4, 0.5) is 0 Å². The first kappa shape index (κ1) is 16.0. The lowest BCUT2D eigenvalue weighted by Crippen LogP contribution is -2.17. The molecule has 0 aliphatic carbocycles. The van der Waals surface area contributed by atoms with Crippen LogP contribution in [-0.4, -0.2) is 10.1 Å². The van der Waals surface area contributed by atoms with Crippen LogP contribution in [0.15, 0.2) is 28.8 Å². The molecule has 0 fully saturated rings. The predicted octanol–water partition coefficient (Wildman–Crippen LogP) is 3.39. The van der Waals surface area contributed by atoms with E-state index in [2.05, 4.69) is 10.1 Å². The van der Waals surface area contributed by atoms with Gasteiger partial charge >= 0.3 is 0 Å². The summed E-state index contributed by atoms with van der Waals surface area (Å²) in [7, 11) is 0. The van der Waals surface area contributed by atoms with Crippen molar-refractivity contribution in [3.05, 3.63) is 46.6 Å². The zero-order chi connectivity index (χ0) is 13.1. The fraction of sp³-hybridized carbons (Fsp3) is 0.385. The van der Waals surface area contributed by atoms with Crippen molar-refractivity contribution in [2.75, 3.05) is 0 Å². The molecule has 0 radical (unpaired) electrons. The van der Waals surface area contributed by atoms with Crippen LogP contribution in [0.5, 0.6) is 0 Å². The lowest BCUT2D eigenvalue weighted by molar-refractivity contribution is 0.322. The SMILES string of the molecule is CC(C)[C@H](N)c1nc(Cc2ccc(Cl)cc2)no1.Cl. The molecule has 0 aliphatic rings. The maximum atomic E-state index is 5.95. The molecule has 104 valence electrons. The normalized spacial score (nSPS) is 12.3. The van der Waals surface area contributed by atoms with Crippen LogP contribution < -0.4 is 5.73 Å². The molecule has 0 aliphatic heterocycles. The van der Waals surface area contributed by atoms with Gasteiger partial charge in [0, 0.05) is 11.4 Å². The summed E-state index contributed by atoms with van der Waals surface area (Å²) in [6.07, 6.45) is 0.617. The summed E-state index contributed by atoms with van der Waals surface area (Å²) in [5, 5.41) is 4.66. The molecule has 0 saturated carbocycles. The Morgan fingerprint density at radius 1 is 1.26 bits per heavy atom. The summed E-state index contributed by atoms with van der Waals surface area (Å²) in [6.45, 7) is 4.04. The fourth-order valence-corrected chi connectivity index (χ4v) is 1.67. The molecule has 0 amide bonds. The topological polar surface area (TPSA) is 64.9 Å². The monoisotopic (exact) mass is 301 g/mol. The molecule has 2 N–H and O–H groups in total. The van der Waals surface area contributed by atoms with Gasteiger partial charge in [-0.05, 0) is 23.6 Å². The first-order chi connectivity index (χ1) is 8.56. The van der Waals surface area contributed by atoms with E-state index in [0.29, 0.717) is 18.1 Å². The Morgan fingerprint density at radius 3 is 2.47 bits per heavy atom. The molecule has 0 saturated heterocycles. The molecule has 1 aromatic heterocycles. The maximum absolute atomic E-state index is 5.95. The van der Waals surface area contributed by atoms with Crippen LogP contribution in [0.3, 0.4) is 0 Å². The van der Waals surface area contributed by atoms with E-state index < -0.39 is 0 Å². The van der Waals surface area contributed by atoms with Gasteiger partial charge in [-0.15, -0.1) is 12.4 Å². The molecule has 6 heteroatoms. The van der Waals surface area contributed by atoms with E-state index in [0.717, 1.165) is 10.6 Å². The van der Waals surface area contributed by atoms with Crippen LogP contribution in [0.2, 0.25) is 5.02 Å². The highest BCUT2D eigenvalue weighted by Crippen LogP contribution is 2.18. The second-order valence-corrected chi connectivity index (χ2v) is 5.06. The van der Waals surface area contributed by atoms with Crippen molar-refractivity contribution >= 4 is 24.0 Å². The second kappa shape index (κ2) is 6.89. The van der Waals surface area contributed by atoms with E-state index in [1.165, 1.54) is 0 Å². The Bertz CT molecular complexity index is 511. The van der Waals surface area contributed by atoms with E-state index >= 15 is 0 Å². The van der Waals surface area contributed by atoms with E-state index in [4.69, 9.17) is 21.9 Å². The number of nitrogens with zero attached hydrogens (tertiary/aromatic N) is 2. The van der Waals surface area contributed by atoms with Gasteiger partial charge in [-0.25, -0.2) is 0 Å². The van der Waals surface area contributed by atoms with Crippen LogP contribution in [0.1, 0.15) is 37.2 Å². The minimum absolute atomic E-state index is 0. The highest BCUT2D eigenvalue weighted by Gasteiger charge is 2.17. The highest BCUT2D eigenvalue weighted by atomic mass is 35.5. The van der Waals surface area contributed by atoms with Crippen LogP contribution >= 0.6 is 24.0 Å². The standard InChI is InChI=1S/C13H16ClN3O.ClH/c1-8(2)12(15)13-16-11(17-18-13)7-9-3-5-10(14)6-4-9;/h3-6,8,12H,7,15H2,1-2H3;1H/t12-;/m0./s1. The molecule has 0 bridgehead atoms. The maximum Gasteiger partial charge on any atom is 0.243 e. The van der Waals surface area contributed by atoms with E-state index in [1.54, 1.807) is 0 Å². The fourth-order valence-electron chi connectivity index (χ4n) is 1.54. The molecule has 0 spiro atoms. The number of halogens is 2. The summed E-state index contributed by atoms with van der Waals surface area (Å²) in [5.74, 6) is 1.41. The Balaban J connectivity index is 0.00000180. The number of hydrogen-bond donors (Lipinski definition) is 1. The molecule has 1 atom stereocenters. The quantitative estimate of drug-likeness (QED) is 0.940. The average Bonchev–Trinajstić information content (AvgIpc) is 2.79. The lowest BCUT2D eigenvalue weighted by Gasteiger charge is -2.09. The summed E-state index contributed by atoms with van der Waals surface area (Å²) < 4.78 is 5.17. The Morgan fingerprint density at radius 2 is 1.89 bits per heavy atom. The largest absolute Gasteiger partial charge is 0.338 e. The first-order valence-corrected chi connectivity index (χ1v) is 6.26. The second-order valence-electron chi connectivity index (χ2n) is 4.62. The molecule has 1 aromatic carbocycles. The molecule has 4 nitrogen and oxygen atoms in total. The number of rotatable bonds is 4. The average molecular weight is 302 g/mol. The van der Waals surface area contributed by atoms with Crippen molar-refractivity contribution in [1.82, 2.24) is 10.1 Å². The first-order valence-electron chi connectivity index (χ1n) is 5.89. The number of benzene rings is 1. The van der Waals surface area contributed by atoms with Gasteiger partial charge in [0.25, 0.3) is 0 Å². The lowest BCUT2D eigenvalue weighted by atomic mass is 10.1. The molecule has 19 heavy (non-hydrogen) atoms. The minimum Gasteiger partial charge on any atom is -0.338 e. The smallest absolute Gasteiger partial charge is 0.243 e. The van der Waals surface area contributed by atoms with Crippen molar-refractivity contribution in [1.29, 1.82) is 0 Å². The molecule has 2 aromatic rings. The zero-order valence-corrected chi connectivity index (χ0v) is 12.4.